The Hall–Kier alpha value is -1.74. The number of rotatable bonds is 4. The maximum Gasteiger partial charge on any atom is 0.322 e. The number of hydrogen-bond acceptors (Lipinski definition) is 2. The molecule has 3 rings (SSSR count). The van der Waals surface area contributed by atoms with Crippen LogP contribution in [-0.4, -0.2) is 20.6 Å². The Balaban J connectivity index is 2.17. The molecule has 1 aliphatic heterocycles. The number of carboxylic acids is 1. The van der Waals surface area contributed by atoms with Crippen LogP contribution in [-0.2, 0) is 4.79 Å². The molecule has 2 aromatic carbocycles. The summed E-state index contributed by atoms with van der Waals surface area (Å²) >= 11 is 1.55. The van der Waals surface area contributed by atoms with Crippen LogP contribution in [0.15, 0.2) is 60.7 Å². The molecule has 21 heavy (non-hydrogen) atoms. The predicted octanol–water partition coefficient (Wildman–Crippen LogP) is 4.17. The summed E-state index contributed by atoms with van der Waals surface area (Å²) in [5.41, 5.74) is 2.12. The zero-order valence-electron chi connectivity index (χ0n) is 12.1. The van der Waals surface area contributed by atoms with Gasteiger partial charge in [-0.1, -0.05) is 60.7 Å². The van der Waals surface area contributed by atoms with E-state index in [9.17, 15) is 9.90 Å². The van der Waals surface area contributed by atoms with Crippen molar-refractivity contribution in [3.05, 3.63) is 71.8 Å². The van der Waals surface area contributed by atoms with E-state index in [0.29, 0.717) is 0 Å². The molecule has 0 aromatic heterocycles. The van der Waals surface area contributed by atoms with Crippen molar-refractivity contribution in [2.45, 2.75) is 29.3 Å². The number of thioether (sulfide) groups is 1. The highest BCUT2D eigenvalue weighted by atomic mass is 32.2. The minimum absolute atomic E-state index is 0.141. The molecule has 1 N–H and O–H groups in total. The summed E-state index contributed by atoms with van der Waals surface area (Å²) in [6, 6.07) is 19.9. The number of carbonyl (C=O) groups is 1. The van der Waals surface area contributed by atoms with Crippen molar-refractivity contribution < 1.29 is 9.90 Å². The molecule has 2 nitrogen and oxygen atoms in total. The smallest absolute Gasteiger partial charge is 0.322 e. The fraction of sp³-hybridized carbons (Fsp3) is 0.278. The van der Waals surface area contributed by atoms with Gasteiger partial charge in [-0.3, -0.25) is 4.79 Å². The van der Waals surface area contributed by atoms with Gasteiger partial charge in [-0.25, -0.2) is 0 Å². The van der Waals surface area contributed by atoms with Crippen LogP contribution in [0.3, 0.4) is 0 Å². The van der Waals surface area contributed by atoms with Crippen LogP contribution in [0.2, 0.25) is 0 Å². The lowest BCUT2D eigenvalue weighted by molar-refractivity contribution is -0.139. The molecule has 1 heterocycles. The summed E-state index contributed by atoms with van der Waals surface area (Å²) in [5.74, 6) is -0.868. The Bertz CT molecular complexity index is 612. The molecule has 108 valence electrons. The number of benzene rings is 2. The minimum atomic E-state index is -0.796. The minimum Gasteiger partial charge on any atom is -0.480 e. The van der Waals surface area contributed by atoms with Crippen molar-refractivity contribution >= 4 is 17.7 Å². The fourth-order valence-electron chi connectivity index (χ4n) is 3.16. The van der Waals surface area contributed by atoms with E-state index in [0.717, 1.165) is 11.1 Å². The van der Waals surface area contributed by atoms with Crippen LogP contribution in [0.1, 0.15) is 30.9 Å². The quantitative estimate of drug-likeness (QED) is 0.861. The summed E-state index contributed by atoms with van der Waals surface area (Å²) in [4.78, 5) is 12.1. The molecule has 0 bridgehead atoms. The lowest BCUT2D eigenvalue weighted by Crippen LogP contribution is -2.37. The average Bonchev–Trinajstić information content (AvgIpc) is 3.05. The summed E-state index contributed by atoms with van der Waals surface area (Å²) in [5, 5.41) is 9.91. The van der Waals surface area contributed by atoms with Crippen molar-refractivity contribution in [3.8, 4) is 0 Å². The maximum atomic E-state index is 12.1. The molecule has 1 aliphatic rings. The molecule has 0 unspecified atom stereocenters. The molecule has 0 aliphatic carbocycles. The highest BCUT2D eigenvalue weighted by molar-refractivity contribution is 8.10. The summed E-state index contributed by atoms with van der Waals surface area (Å²) in [7, 11) is 0. The Morgan fingerprint density at radius 1 is 0.952 bits per heavy atom. The van der Waals surface area contributed by atoms with E-state index in [-0.39, 0.29) is 10.7 Å². The van der Waals surface area contributed by atoms with Gasteiger partial charge in [-0.05, 0) is 25.0 Å². The van der Waals surface area contributed by atoms with Gasteiger partial charge in [0.1, 0.15) is 4.75 Å². The third-order valence-electron chi connectivity index (χ3n) is 4.26. The summed E-state index contributed by atoms with van der Waals surface area (Å²) in [6.45, 7) is 4.04. The Kier molecular flexibility index (Phi) is 3.33. The first-order chi connectivity index (χ1) is 9.99. The molecule has 0 saturated carbocycles. The first-order valence-electron chi connectivity index (χ1n) is 7.02. The summed E-state index contributed by atoms with van der Waals surface area (Å²) < 4.78 is -1.06. The van der Waals surface area contributed by atoms with E-state index >= 15 is 0 Å². The zero-order chi connectivity index (χ0) is 15.1. The van der Waals surface area contributed by atoms with Gasteiger partial charge in [-0.15, -0.1) is 11.8 Å². The molecular formula is C18H18O2S. The van der Waals surface area contributed by atoms with Gasteiger partial charge >= 0.3 is 5.97 Å². The highest BCUT2D eigenvalue weighted by Gasteiger charge is 2.72. The van der Waals surface area contributed by atoms with Gasteiger partial charge in [0.2, 0.25) is 0 Å². The molecular weight excluding hydrogens is 280 g/mol. The predicted molar refractivity (Wildman–Crippen MR) is 86.8 cm³/mol. The lowest BCUT2D eigenvalue weighted by atomic mass is 9.75. The zero-order valence-corrected chi connectivity index (χ0v) is 12.9. The molecule has 2 aromatic rings. The van der Waals surface area contributed by atoms with Gasteiger partial charge in [0.15, 0.2) is 0 Å². The van der Waals surface area contributed by atoms with Crippen molar-refractivity contribution in [2.24, 2.45) is 0 Å². The lowest BCUT2D eigenvalue weighted by Gasteiger charge is -2.26. The first-order valence-corrected chi connectivity index (χ1v) is 7.84. The van der Waals surface area contributed by atoms with E-state index in [1.165, 1.54) is 0 Å². The topological polar surface area (TPSA) is 37.3 Å². The maximum absolute atomic E-state index is 12.1. The number of hydrogen-bond donors (Lipinski definition) is 1. The van der Waals surface area contributed by atoms with E-state index in [2.05, 4.69) is 0 Å². The molecule has 1 fully saturated rings. The Morgan fingerprint density at radius 2 is 1.33 bits per heavy atom. The van der Waals surface area contributed by atoms with Crippen molar-refractivity contribution in [2.75, 3.05) is 0 Å². The van der Waals surface area contributed by atoms with Crippen LogP contribution in [0.5, 0.6) is 0 Å². The Morgan fingerprint density at radius 3 is 1.62 bits per heavy atom. The highest BCUT2D eigenvalue weighted by Crippen LogP contribution is 2.70. The first kappa shape index (κ1) is 14.2. The van der Waals surface area contributed by atoms with Gasteiger partial charge in [0, 0.05) is 10.7 Å². The van der Waals surface area contributed by atoms with Crippen LogP contribution in [0, 0.1) is 0 Å². The van der Waals surface area contributed by atoms with Crippen LogP contribution in [0.4, 0.5) is 0 Å². The molecule has 1 atom stereocenters. The molecule has 1 saturated heterocycles. The number of aliphatic carboxylic acids is 1. The van der Waals surface area contributed by atoms with Crippen LogP contribution >= 0.6 is 11.8 Å². The Labute approximate surface area is 129 Å². The molecule has 3 heteroatoms. The average molecular weight is 298 g/mol. The van der Waals surface area contributed by atoms with E-state index in [1.54, 1.807) is 11.8 Å². The van der Waals surface area contributed by atoms with Gasteiger partial charge < -0.3 is 5.11 Å². The molecule has 0 amide bonds. The molecule has 0 radical (unpaired) electrons. The van der Waals surface area contributed by atoms with Crippen molar-refractivity contribution in [1.29, 1.82) is 0 Å². The monoisotopic (exact) mass is 298 g/mol. The second-order valence-electron chi connectivity index (χ2n) is 5.91. The fourth-order valence-corrected chi connectivity index (χ4v) is 4.60. The summed E-state index contributed by atoms with van der Waals surface area (Å²) in [6.07, 6.45) is 0. The van der Waals surface area contributed by atoms with E-state index in [1.807, 2.05) is 74.5 Å². The van der Waals surface area contributed by atoms with Crippen LogP contribution in [0.25, 0.3) is 0 Å². The van der Waals surface area contributed by atoms with Gasteiger partial charge in [-0.2, -0.15) is 0 Å². The van der Waals surface area contributed by atoms with Crippen molar-refractivity contribution in [1.82, 2.24) is 0 Å². The third-order valence-corrected chi connectivity index (χ3v) is 6.13. The SMILES string of the molecule is CC1(C)S[C@@]1(C(=O)O)C(c1ccccc1)c1ccccc1. The number of carboxylic acid groups (broad SMARTS) is 1. The molecule has 0 spiro atoms. The van der Waals surface area contributed by atoms with Crippen LogP contribution < -0.4 is 0 Å². The second-order valence-corrected chi connectivity index (χ2v) is 7.78. The van der Waals surface area contributed by atoms with Gasteiger partial charge in [0.05, 0.1) is 0 Å². The van der Waals surface area contributed by atoms with E-state index < -0.39 is 10.7 Å². The largest absolute Gasteiger partial charge is 0.480 e. The standard InChI is InChI=1S/C18H18O2S/c1-17(2)18(21-17,16(19)20)15(13-9-5-3-6-10-13)14-11-7-4-8-12-14/h3-12,15H,1-2H3,(H,19,20)/t18-/m1/s1. The van der Waals surface area contributed by atoms with Gasteiger partial charge in [0.25, 0.3) is 0 Å². The van der Waals surface area contributed by atoms with Crippen molar-refractivity contribution in [3.63, 3.8) is 0 Å². The third kappa shape index (κ3) is 2.16. The normalized spacial score (nSPS) is 23.0. The van der Waals surface area contributed by atoms with E-state index in [4.69, 9.17) is 0 Å². The second kappa shape index (κ2) is 4.92.